The molecular formula is C21H26N4O4S. The minimum Gasteiger partial charge on any atom is -0.325 e. The maximum absolute atomic E-state index is 12.5. The lowest BCUT2D eigenvalue weighted by Gasteiger charge is -2.25. The topological polar surface area (TPSA) is 113 Å². The van der Waals surface area contributed by atoms with E-state index in [0.717, 1.165) is 17.7 Å². The summed E-state index contributed by atoms with van der Waals surface area (Å²) >= 11 is 0. The van der Waals surface area contributed by atoms with Gasteiger partial charge in [-0.1, -0.05) is 18.2 Å². The third-order valence-corrected chi connectivity index (χ3v) is 6.15. The van der Waals surface area contributed by atoms with Gasteiger partial charge in [0.1, 0.15) is 0 Å². The molecule has 1 heterocycles. The Hall–Kier alpha value is -2.75. The number of likely N-dealkylation sites (N-methyl/N-ethyl adjacent to an activating group) is 1. The summed E-state index contributed by atoms with van der Waals surface area (Å²) < 4.78 is 23.2. The Morgan fingerprint density at radius 3 is 2.63 bits per heavy atom. The number of hydrogen-bond donors (Lipinski definition) is 2. The van der Waals surface area contributed by atoms with Crippen LogP contribution in [0.3, 0.4) is 0 Å². The summed E-state index contributed by atoms with van der Waals surface area (Å²) in [5.74, 6) is -0.120. The summed E-state index contributed by atoms with van der Waals surface area (Å²) in [5, 5.41) is 8.06. The van der Waals surface area contributed by atoms with E-state index in [2.05, 4.69) is 5.32 Å². The highest BCUT2D eigenvalue weighted by Crippen LogP contribution is 2.25. The van der Waals surface area contributed by atoms with Crippen LogP contribution in [-0.4, -0.2) is 45.3 Å². The van der Waals surface area contributed by atoms with E-state index in [4.69, 9.17) is 5.14 Å². The average Bonchev–Trinajstić information content (AvgIpc) is 3.13. The Balaban J connectivity index is 1.64. The van der Waals surface area contributed by atoms with Gasteiger partial charge in [0.05, 0.1) is 11.4 Å². The van der Waals surface area contributed by atoms with Gasteiger partial charge in [0, 0.05) is 30.4 Å². The van der Waals surface area contributed by atoms with Crippen LogP contribution >= 0.6 is 0 Å². The first-order valence-electron chi connectivity index (χ1n) is 9.68. The monoisotopic (exact) mass is 430 g/mol. The van der Waals surface area contributed by atoms with Gasteiger partial charge in [-0.3, -0.25) is 14.5 Å². The van der Waals surface area contributed by atoms with Crippen LogP contribution in [0.2, 0.25) is 0 Å². The van der Waals surface area contributed by atoms with Crippen molar-refractivity contribution in [2.75, 3.05) is 30.4 Å². The van der Waals surface area contributed by atoms with Crippen LogP contribution in [0.15, 0.2) is 53.4 Å². The second-order valence-electron chi connectivity index (χ2n) is 7.46. The predicted octanol–water partition coefficient (Wildman–Crippen LogP) is 2.09. The van der Waals surface area contributed by atoms with Gasteiger partial charge in [0.15, 0.2) is 0 Å². The van der Waals surface area contributed by atoms with Crippen LogP contribution in [0.5, 0.6) is 0 Å². The van der Waals surface area contributed by atoms with Crippen molar-refractivity contribution < 1.29 is 18.0 Å². The smallest absolute Gasteiger partial charge is 0.238 e. The highest BCUT2D eigenvalue weighted by Gasteiger charge is 2.22. The summed E-state index contributed by atoms with van der Waals surface area (Å²) in [6.07, 6.45) is 1.39. The molecule has 160 valence electrons. The van der Waals surface area contributed by atoms with Crippen LogP contribution in [-0.2, 0) is 19.6 Å². The molecule has 0 bridgehead atoms. The van der Waals surface area contributed by atoms with Crippen molar-refractivity contribution in [3.05, 3.63) is 54.1 Å². The lowest BCUT2D eigenvalue weighted by atomic mass is 10.1. The number of nitrogens with one attached hydrogen (secondary N) is 1. The largest absolute Gasteiger partial charge is 0.325 e. The van der Waals surface area contributed by atoms with Gasteiger partial charge in [-0.15, -0.1) is 0 Å². The summed E-state index contributed by atoms with van der Waals surface area (Å²) in [6, 6.07) is 13.4. The van der Waals surface area contributed by atoms with Gasteiger partial charge in [0.25, 0.3) is 0 Å². The molecule has 2 aromatic carbocycles. The number of sulfonamides is 1. The molecule has 0 aliphatic carbocycles. The molecule has 1 unspecified atom stereocenters. The van der Waals surface area contributed by atoms with E-state index < -0.39 is 10.0 Å². The van der Waals surface area contributed by atoms with Crippen LogP contribution in [0.4, 0.5) is 11.4 Å². The number of carbonyl (C=O) groups is 2. The predicted molar refractivity (Wildman–Crippen MR) is 116 cm³/mol. The molecule has 0 saturated carbocycles. The van der Waals surface area contributed by atoms with E-state index in [1.54, 1.807) is 36.2 Å². The fraction of sp³-hybridized carbons (Fsp3) is 0.333. The summed E-state index contributed by atoms with van der Waals surface area (Å²) in [7, 11) is -2.00. The standard InChI is InChI=1S/C21H26N4O4S/c1-15(16-6-3-9-19(12-16)30(22,28)29)24(2)14-20(26)23-17-7-4-8-18(13-17)25-11-5-10-21(25)27/h3-4,6-9,12-13,15H,5,10-11,14H2,1-2H3,(H,23,26)(H2,22,28,29). The highest BCUT2D eigenvalue weighted by atomic mass is 32.2. The first-order chi connectivity index (χ1) is 14.1. The Kier molecular flexibility index (Phi) is 6.55. The number of nitrogens with two attached hydrogens (primary N) is 1. The Morgan fingerprint density at radius 2 is 1.97 bits per heavy atom. The first kappa shape index (κ1) is 21.9. The van der Waals surface area contributed by atoms with Crippen LogP contribution in [0, 0.1) is 0 Å². The summed E-state index contributed by atoms with van der Waals surface area (Å²) in [5.41, 5.74) is 2.14. The maximum atomic E-state index is 12.5. The first-order valence-corrected chi connectivity index (χ1v) is 11.2. The Bertz CT molecular complexity index is 1050. The molecule has 0 aromatic heterocycles. The van der Waals surface area contributed by atoms with Crippen molar-refractivity contribution in [3.63, 3.8) is 0 Å². The van der Waals surface area contributed by atoms with Crippen LogP contribution in [0.1, 0.15) is 31.4 Å². The van der Waals surface area contributed by atoms with Crippen molar-refractivity contribution in [2.24, 2.45) is 5.14 Å². The molecule has 2 aromatic rings. The van der Waals surface area contributed by atoms with E-state index in [-0.39, 0.29) is 29.3 Å². The van der Waals surface area contributed by atoms with Crippen LogP contribution < -0.4 is 15.4 Å². The Morgan fingerprint density at radius 1 is 1.23 bits per heavy atom. The van der Waals surface area contributed by atoms with Gasteiger partial charge >= 0.3 is 0 Å². The lowest BCUT2D eigenvalue weighted by Crippen LogP contribution is -2.32. The van der Waals surface area contributed by atoms with Gasteiger partial charge in [0.2, 0.25) is 21.8 Å². The molecule has 9 heteroatoms. The van der Waals surface area contributed by atoms with Crippen molar-refractivity contribution >= 4 is 33.2 Å². The number of benzene rings is 2. The van der Waals surface area contributed by atoms with Gasteiger partial charge in [-0.25, -0.2) is 13.6 Å². The number of amides is 2. The minimum absolute atomic E-state index is 0.0398. The van der Waals surface area contributed by atoms with E-state index in [0.29, 0.717) is 18.7 Å². The van der Waals surface area contributed by atoms with Gasteiger partial charge < -0.3 is 10.2 Å². The maximum Gasteiger partial charge on any atom is 0.238 e. The number of anilines is 2. The molecule has 2 amide bonds. The summed E-state index contributed by atoms with van der Waals surface area (Å²) in [6.45, 7) is 2.68. The SMILES string of the molecule is CC(c1cccc(S(N)(=O)=O)c1)N(C)CC(=O)Nc1cccc(N2CCCC2=O)c1. The lowest BCUT2D eigenvalue weighted by molar-refractivity contribution is -0.118. The van der Waals surface area contributed by atoms with Crippen molar-refractivity contribution in [1.82, 2.24) is 4.90 Å². The van der Waals surface area contributed by atoms with Gasteiger partial charge in [-0.05, 0) is 56.3 Å². The summed E-state index contributed by atoms with van der Waals surface area (Å²) in [4.78, 5) is 28.0. The molecule has 3 N–H and O–H groups in total. The molecule has 1 fully saturated rings. The average molecular weight is 431 g/mol. The normalized spacial score (nSPS) is 15.5. The van der Waals surface area contributed by atoms with E-state index in [9.17, 15) is 18.0 Å². The van der Waals surface area contributed by atoms with E-state index >= 15 is 0 Å². The fourth-order valence-electron chi connectivity index (χ4n) is 3.44. The highest BCUT2D eigenvalue weighted by molar-refractivity contribution is 7.89. The molecule has 30 heavy (non-hydrogen) atoms. The van der Waals surface area contributed by atoms with E-state index in [1.807, 2.05) is 24.0 Å². The molecule has 3 rings (SSSR count). The third-order valence-electron chi connectivity index (χ3n) is 5.24. The number of carbonyl (C=O) groups excluding carboxylic acids is 2. The van der Waals surface area contributed by atoms with Crippen LogP contribution in [0.25, 0.3) is 0 Å². The number of nitrogens with zero attached hydrogens (tertiary/aromatic N) is 2. The molecule has 1 atom stereocenters. The minimum atomic E-state index is -3.79. The van der Waals surface area contributed by atoms with Crippen molar-refractivity contribution in [2.45, 2.75) is 30.7 Å². The second-order valence-corrected chi connectivity index (χ2v) is 9.02. The molecule has 1 aliphatic heterocycles. The molecule has 0 spiro atoms. The van der Waals surface area contributed by atoms with E-state index in [1.165, 1.54) is 12.1 Å². The van der Waals surface area contributed by atoms with Gasteiger partial charge in [-0.2, -0.15) is 0 Å². The number of hydrogen-bond acceptors (Lipinski definition) is 5. The van der Waals surface area contributed by atoms with Crippen molar-refractivity contribution in [1.29, 1.82) is 0 Å². The zero-order valence-corrected chi connectivity index (χ0v) is 17.9. The quantitative estimate of drug-likeness (QED) is 0.698. The van der Waals surface area contributed by atoms with Crippen molar-refractivity contribution in [3.8, 4) is 0 Å². The molecule has 1 aliphatic rings. The molecule has 8 nitrogen and oxygen atoms in total. The third kappa shape index (κ3) is 5.24. The zero-order chi connectivity index (χ0) is 21.9. The second kappa shape index (κ2) is 8.95. The Labute approximate surface area is 176 Å². The number of rotatable bonds is 7. The molecule has 1 saturated heterocycles. The number of primary sulfonamides is 1. The molecule has 0 radical (unpaired) electrons. The fourth-order valence-corrected chi connectivity index (χ4v) is 4.01. The zero-order valence-electron chi connectivity index (χ0n) is 17.0. The molecular weight excluding hydrogens is 404 g/mol.